The first-order valence-corrected chi connectivity index (χ1v) is 16.0. The van der Waals surface area contributed by atoms with E-state index in [1.165, 1.54) is 12.1 Å². The second-order valence-corrected chi connectivity index (χ2v) is 13.8. The highest BCUT2D eigenvalue weighted by Gasteiger charge is 2.27. The van der Waals surface area contributed by atoms with E-state index in [4.69, 9.17) is 40.6 Å². The molecule has 5 N–H and O–H groups in total. The fraction of sp³-hybridized carbons (Fsp3) is 0. The number of aromatic nitrogens is 2. The number of nitrogens with one attached hydrogen (secondary N) is 3. The zero-order valence-corrected chi connectivity index (χ0v) is 24.8. The number of nitrogens with two attached hydrogens (primary N) is 1. The predicted octanol–water partition coefficient (Wildman–Crippen LogP) is 7.25. The van der Waals surface area contributed by atoms with Crippen molar-refractivity contribution in [3.05, 3.63) is 112 Å². The summed E-state index contributed by atoms with van der Waals surface area (Å²) in [4.78, 5) is 6.34. The van der Waals surface area contributed by atoms with Gasteiger partial charge in [-0.25, -0.2) is 22.7 Å². The number of benzene rings is 4. The van der Waals surface area contributed by atoms with Crippen molar-refractivity contribution in [2.45, 2.75) is 19.6 Å². The largest absolute Gasteiger partial charge is 0.344 e. The Morgan fingerprint density at radius 1 is 0.585 bits per heavy atom. The predicted molar refractivity (Wildman–Crippen MR) is 163 cm³/mol. The van der Waals surface area contributed by atoms with Crippen LogP contribution in [0.25, 0.3) is 21.8 Å². The Bertz CT molecular complexity index is 2100. The van der Waals surface area contributed by atoms with E-state index < -0.39 is 19.7 Å². The lowest BCUT2D eigenvalue weighted by Gasteiger charge is -2.06. The number of hydrazine groups is 1. The van der Waals surface area contributed by atoms with Gasteiger partial charge in [0, 0.05) is 31.9 Å². The maximum absolute atomic E-state index is 12.8. The number of H-pyrrole nitrogens is 2. The molecule has 2 aromatic heterocycles. The van der Waals surface area contributed by atoms with E-state index >= 15 is 0 Å². The van der Waals surface area contributed by atoms with Gasteiger partial charge in [-0.1, -0.05) is 71.2 Å². The van der Waals surface area contributed by atoms with Crippen molar-refractivity contribution < 1.29 is 16.8 Å². The maximum atomic E-state index is 12.8. The number of halogens is 3. The topological polar surface area (TPSA) is 138 Å². The van der Waals surface area contributed by atoms with Crippen LogP contribution in [0.2, 0.25) is 15.2 Å². The van der Waals surface area contributed by atoms with Crippen LogP contribution < -0.4 is 11.3 Å². The number of aromatic amines is 2. The van der Waals surface area contributed by atoms with Crippen LogP contribution in [0, 0.1) is 0 Å². The first kappa shape index (κ1) is 29.0. The van der Waals surface area contributed by atoms with E-state index in [2.05, 4.69) is 15.4 Å². The van der Waals surface area contributed by atoms with Crippen molar-refractivity contribution in [3.8, 4) is 0 Å². The van der Waals surface area contributed by atoms with Crippen LogP contribution in [0.5, 0.6) is 0 Å². The quantitative estimate of drug-likeness (QED) is 0.115. The van der Waals surface area contributed by atoms with Gasteiger partial charge < -0.3 is 15.4 Å². The molecule has 0 aliphatic heterocycles. The van der Waals surface area contributed by atoms with Gasteiger partial charge in [0.1, 0.15) is 20.8 Å². The van der Waals surface area contributed by atoms with E-state index in [9.17, 15) is 16.8 Å². The Morgan fingerprint density at radius 2 is 1.02 bits per heavy atom. The van der Waals surface area contributed by atoms with E-state index in [0.29, 0.717) is 31.9 Å². The highest BCUT2D eigenvalue weighted by molar-refractivity contribution is 7.92. The first-order valence-electron chi connectivity index (χ1n) is 11.9. The molecule has 2 heterocycles. The van der Waals surface area contributed by atoms with Crippen molar-refractivity contribution in [2.75, 3.05) is 5.43 Å². The van der Waals surface area contributed by atoms with Crippen LogP contribution in [0.1, 0.15) is 0 Å². The van der Waals surface area contributed by atoms with Gasteiger partial charge in [0.05, 0.1) is 9.79 Å². The zero-order valence-electron chi connectivity index (χ0n) is 20.9. The van der Waals surface area contributed by atoms with E-state index in [0.717, 1.165) is 0 Å². The smallest absolute Gasteiger partial charge is 0.210 e. The molecule has 0 amide bonds. The molecule has 210 valence electrons. The molecule has 13 heteroatoms. The minimum Gasteiger partial charge on any atom is -0.344 e. The summed E-state index contributed by atoms with van der Waals surface area (Å²) in [7, 11) is -7.41. The molecule has 4 aromatic carbocycles. The lowest BCUT2D eigenvalue weighted by atomic mass is 10.2. The number of anilines is 1. The Balaban J connectivity index is 0.000000165. The molecule has 6 rings (SSSR count). The van der Waals surface area contributed by atoms with Crippen molar-refractivity contribution in [2.24, 2.45) is 5.84 Å². The SMILES string of the molecule is NNc1[nH]c2ccc(Cl)cc2c1S(=O)(=O)c1ccccc1.O=S(=O)(c1ccccc1)c1c(Cl)[nH]c2ccc(Cl)cc12. The summed E-state index contributed by atoms with van der Waals surface area (Å²) in [5.41, 5.74) is 3.68. The molecule has 0 bridgehead atoms. The van der Waals surface area contributed by atoms with E-state index in [1.807, 2.05) is 0 Å². The molecule has 0 unspecified atom stereocenters. The van der Waals surface area contributed by atoms with Gasteiger partial charge in [0.15, 0.2) is 0 Å². The van der Waals surface area contributed by atoms with E-state index in [1.54, 1.807) is 84.9 Å². The second kappa shape index (κ2) is 11.4. The summed E-state index contributed by atoms with van der Waals surface area (Å²) < 4.78 is 51.1. The Morgan fingerprint density at radius 3 is 1.51 bits per heavy atom. The standard InChI is InChI=1S/C14H9Cl2NO2S.C14H12ClN3O2S/c15-9-6-7-12-11(8-9)13(14(16)17-12)20(18,19)10-4-2-1-3-5-10;15-9-6-7-12-11(8-9)13(14(17-12)18-16)21(19,20)10-4-2-1-3-5-10/h1-8,17H;1-8,17-18H,16H2. The van der Waals surface area contributed by atoms with Crippen LogP contribution in [0.3, 0.4) is 0 Å². The van der Waals surface area contributed by atoms with Crippen molar-refractivity contribution >= 4 is 82.1 Å². The minimum absolute atomic E-state index is 0.0582. The average Bonchev–Trinajstić information content (AvgIpc) is 3.51. The van der Waals surface area contributed by atoms with Crippen molar-refractivity contribution in [1.82, 2.24) is 9.97 Å². The summed E-state index contributed by atoms with van der Waals surface area (Å²) in [6.45, 7) is 0. The van der Waals surface area contributed by atoms with Gasteiger partial charge in [0.2, 0.25) is 19.7 Å². The fourth-order valence-corrected chi connectivity index (χ4v) is 8.26. The van der Waals surface area contributed by atoms with Crippen LogP contribution >= 0.6 is 34.8 Å². The molecule has 0 radical (unpaired) electrons. The van der Waals surface area contributed by atoms with Gasteiger partial charge >= 0.3 is 0 Å². The molecule has 0 saturated heterocycles. The Labute approximate surface area is 250 Å². The van der Waals surface area contributed by atoms with Crippen LogP contribution in [-0.2, 0) is 19.7 Å². The highest BCUT2D eigenvalue weighted by atomic mass is 35.5. The number of fused-ring (bicyclic) bond motifs is 2. The molecule has 6 aromatic rings. The molecule has 8 nitrogen and oxygen atoms in total. The van der Waals surface area contributed by atoms with Gasteiger partial charge in [-0.2, -0.15) is 0 Å². The summed E-state index contributed by atoms with van der Waals surface area (Å²) in [5.74, 6) is 5.68. The van der Waals surface area contributed by atoms with Crippen LogP contribution in [0.4, 0.5) is 5.82 Å². The molecule has 0 saturated carbocycles. The maximum Gasteiger partial charge on any atom is 0.210 e. The fourth-order valence-electron chi connectivity index (χ4n) is 4.32. The van der Waals surface area contributed by atoms with Gasteiger partial charge in [0.25, 0.3) is 0 Å². The number of hydrogen-bond acceptors (Lipinski definition) is 6. The van der Waals surface area contributed by atoms with Gasteiger partial charge in [-0.3, -0.25) is 0 Å². The average molecular weight is 648 g/mol. The van der Waals surface area contributed by atoms with Crippen LogP contribution in [0.15, 0.2) is 117 Å². The number of nitrogen functional groups attached to an aromatic ring is 1. The summed E-state index contributed by atoms with van der Waals surface area (Å²) in [5, 5.41) is 1.99. The van der Waals surface area contributed by atoms with Gasteiger partial charge in [-0.15, -0.1) is 0 Å². The molecule has 0 spiro atoms. The van der Waals surface area contributed by atoms with E-state index in [-0.39, 0.29) is 30.6 Å². The molecule has 0 atom stereocenters. The van der Waals surface area contributed by atoms with Crippen molar-refractivity contribution in [1.29, 1.82) is 0 Å². The molecule has 0 aliphatic rings. The van der Waals surface area contributed by atoms with Gasteiger partial charge in [-0.05, 0) is 60.7 Å². The molecular formula is C28H21Cl3N4O4S2. The third-order valence-corrected chi connectivity index (χ3v) is 10.7. The lowest BCUT2D eigenvalue weighted by molar-refractivity contribution is 0.595. The Kier molecular flexibility index (Phi) is 8.06. The minimum atomic E-state index is -3.71. The molecular weight excluding hydrogens is 627 g/mol. The zero-order chi connectivity index (χ0) is 29.4. The normalized spacial score (nSPS) is 11.8. The third-order valence-electron chi connectivity index (χ3n) is 6.17. The number of rotatable bonds is 5. The summed E-state index contributed by atoms with van der Waals surface area (Å²) in [6.07, 6.45) is 0. The Hall–Kier alpha value is -3.51. The monoisotopic (exact) mass is 646 g/mol. The number of sulfone groups is 2. The number of hydrogen-bond donors (Lipinski definition) is 4. The summed E-state index contributed by atoms with van der Waals surface area (Å²) in [6, 6.07) is 26.3. The van der Waals surface area contributed by atoms with Crippen molar-refractivity contribution in [3.63, 3.8) is 0 Å². The highest BCUT2D eigenvalue weighted by Crippen LogP contribution is 2.37. The molecule has 41 heavy (non-hydrogen) atoms. The first-order chi connectivity index (χ1) is 19.5. The molecule has 0 aliphatic carbocycles. The second-order valence-electron chi connectivity index (χ2n) is 8.75. The van der Waals surface area contributed by atoms with Crippen LogP contribution in [-0.4, -0.2) is 26.8 Å². The lowest BCUT2D eigenvalue weighted by Crippen LogP contribution is -2.11. The summed E-state index contributed by atoms with van der Waals surface area (Å²) >= 11 is 18.0. The third kappa shape index (κ3) is 5.54. The molecule has 0 fully saturated rings.